The van der Waals surface area contributed by atoms with Crippen LogP contribution in [0.15, 0.2) is 70.6 Å². The maximum absolute atomic E-state index is 12.8. The lowest BCUT2D eigenvalue weighted by atomic mass is 9.98. The zero-order valence-corrected chi connectivity index (χ0v) is 24.0. The van der Waals surface area contributed by atoms with Crippen molar-refractivity contribution in [2.24, 2.45) is 10.7 Å². The van der Waals surface area contributed by atoms with Crippen molar-refractivity contribution in [3.8, 4) is 11.1 Å². The van der Waals surface area contributed by atoms with Crippen LogP contribution >= 0.6 is 0 Å². The first kappa shape index (κ1) is 29.6. The number of carboxylic acids is 1. The van der Waals surface area contributed by atoms with Crippen molar-refractivity contribution in [1.82, 2.24) is 10.0 Å². The van der Waals surface area contributed by atoms with E-state index >= 15 is 0 Å². The molecule has 216 valence electrons. The summed E-state index contributed by atoms with van der Waals surface area (Å²) < 4.78 is 33.4. The molecule has 0 fully saturated rings. The van der Waals surface area contributed by atoms with Gasteiger partial charge >= 0.3 is 12.1 Å². The van der Waals surface area contributed by atoms with Crippen molar-refractivity contribution in [1.29, 1.82) is 0 Å². The molecule has 0 unspecified atom stereocenters. The molecule has 3 aromatic carbocycles. The fourth-order valence-electron chi connectivity index (χ4n) is 5.35. The molecule has 0 heterocycles. The SMILES string of the molecule is Cc1cc(C)c(S(=O)(=O)NC(N)=NCCC[C@@H](NC(=O)OCC2c3ccccc3-c3ccccc32)C(=O)O)c(C)c1. The van der Waals surface area contributed by atoms with Gasteiger partial charge in [0, 0.05) is 12.5 Å². The highest BCUT2D eigenvalue weighted by atomic mass is 32.2. The van der Waals surface area contributed by atoms with Crippen LogP contribution in [0, 0.1) is 20.8 Å². The Balaban J connectivity index is 1.29. The summed E-state index contributed by atoms with van der Waals surface area (Å²) in [7, 11) is -3.94. The van der Waals surface area contributed by atoms with Gasteiger partial charge in [-0.1, -0.05) is 66.2 Å². The number of nitrogens with zero attached hydrogens (tertiary/aromatic N) is 1. The molecule has 1 aliphatic rings. The average molecular weight is 579 g/mol. The summed E-state index contributed by atoms with van der Waals surface area (Å²) in [5, 5.41) is 12.0. The number of fused-ring (bicyclic) bond motifs is 3. The number of aliphatic imine (C=N–C) groups is 1. The zero-order valence-electron chi connectivity index (χ0n) is 23.2. The molecule has 1 atom stereocenters. The highest BCUT2D eigenvalue weighted by Crippen LogP contribution is 2.44. The first-order valence-corrected chi connectivity index (χ1v) is 14.7. The van der Waals surface area contributed by atoms with E-state index in [0.717, 1.165) is 27.8 Å². The van der Waals surface area contributed by atoms with E-state index in [0.29, 0.717) is 11.1 Å². The zero-order chi connectivity index (χ0) is 29.7. The van der Waals surface area contributed by atoms with Gasteiger partial charge in [0.05, 0.1) is 4.90 Å². The summed E-state index contributed by atoms with van der Waals surface area (Å²) in [6.07, 6.45) is -0.566. The molecule has 0 saturated heterocycles. The van der Waals surface area contributed by atoms with Gasteiger partial charge in [0.2, 0.25) is 5.96 Å². The van der Waals surface area contributed by atoms with Crippen molar-refractivity contribution in [3.05, 3.63) is 88.5 Å². The Morgan fingerprint density at radius 2 is 1.56 bits per heavy atom. The number of sulfonamides is 1. The largest absolute Gasteiger partial charge is 0.480 e. The van der Waals surface area contributed by atoms with Crippen LogP contribution in [0.2, 0.25) is 0 Å². The van der Waals surface area contributed by atoms with E-state index in [-0.39, 0.29) is 42.8 Å². The van der Waals surface area contributed by atoms with Gasteiger partial charge in [0.15, 0.2) is 0 Å². The van der Waals surface area contributed by atoms with Crippen LogP contribution in [0.5, 0.6) is 0 Å². The number of guanidine groups is 1. The van der Waals surface area contributed by atoms with Crippen LogP contribution in [-0.2, 0) is 19.6 Å². The maximum Gasteiger partial charge on any atom is 0.407 e. The minimum Gasteiger partial charge on any atom is -0.480 e. The number of hydrogen-bond donors (Lipinski definition) is 4. The lowest BCUT2D eigenvalue weighted by Gasteiger charge is -2.17. The van der Waals surface area contributed by atoms with Gasteiger partial charge in [-0.3, -0.25) is 4.99 Å². The standard InChI is InChI=1S/C30H34N4O6S/c1-18-15-19(2)27(20(3)16-18)41(38,39)34-29(31)32-14-8-13-26(28(35)36)33-30(37)40-17-25-23-11-6-4-9-21(23)22-10-5-7-12-24(22)25/h4-7,9-12,15-16,25-26H,8,13-14,17H2,1-3H3,(H,33,37)(H,35,36)(H3,31,32,34)/t26-/m1/s1. The number of aryl methyl sites for hydroxylation is 3. The molecular weight excluding hydrogens is 544 g/mol. The third kappa shape index (κ3) is 6.86. The summed E-state index contributed by atoms with van der Waals surface area (Å²) in [5.41, 5.74) is 12.2. The normalized spacial score (nSPS) is 13.7. The van der Waals surface area contributed by atoms with E-state index in [4.69, 9.17) is 10.5 Å². The number of nitrogens with two attached hydrogens (primary N) is 1. The molecule has 0 bridgehead atoms. The first-order chi connectivity index (χ1) is 19.5. The number of rotatable bonds is 10. The molecule has 0 aromatic heterocycles. The number of amides is 1. The molecule has 5 N–H and O–H groups in total. The second-order valence-electron chi connectivity index (χ2n) is 10.1. The molecule has 1 amide bonds. The molecule has 0 radical (unpaired) electrons. The van der Waals surface area contributed by atoms with Crippen molar-refractivity contribution >= 4 is 28.0 Å². The van der Waals surface area contributed by atoms with E-state index in [9.17, 15) is 23.1 Å². The van der Waals surface area contributed by atoms with Gasteiger partial charge in [-0.25, -0.2) is 22.7 Å². The van der Waals surface area contributed by atoms with E-state index in [2.05, 4.69) is 15.0 Å². The highest BCUT2D eigenvalue weighted by molar-refractivity contribution is 7.90. The summed E-state index contributed by atoms with van der Waals surface area (Å²) in [4.78, 5) is 28.4. The minimum absolute atomic E-state index is 0.0409. The van der Waals surface area contributed by atoms with Gasteiger partial charge in [-0.2, -0.15) is 0 Å². The quantitative estimate of drug-likeness (QED) is 0.161. The van der Waals surface area contributed by atoms with Gasteiger partial charge in [0.1, 0.15) is 12.6 Å². The van der Waals surface area contributed by atoms with E-state index in [1.165, 1.54) is 0 Å². The number of alkyl carbamates (subject to hydrolysis) is 1. The highest BCUT2D eigenvalue weighted by Gasteiger charge is 2.29. The van der Waals surface area contributed by atoms with Crippen LogP contribution in [0.1, 0.15) is 46.6 Å². The number of carbonyl (C=O) groups excluding carboxylic acids is 1. The third-order valence-corrected chi connectivity index (χ3v) is 8.64. The first-order valence-electron chi connectivity index (χ1n) is 13.2. The predicted octanol–water partition coefficient (Wildman–Crippen LogP) is 3.98. The fraction of sp³-hybridized carbons (Fsp3) is 0.300. The Kier molecular flexibility index (Phi) is 8.97. The van der Waals surface area contributed by atoms with Crippen LogP contribution in [-0.4, -0.2) is 50.7 Å². The summed E-state index contributed by atoms with van der Waals surface area (Å²) in [5.74, 6) is -1.67. The van der Waals surface area contributed by atoms with Crippen LogP contribution in [0.25, 0.3) is 11.1 Å². The monoisotopic (exact) mass is 578 g/mol. The second kappa shape index (κ2) is 12.4. The smallest absolute Gasteiger partial charge is 0.407 e. The van der Waals surface area contributed by atoms with Crippen LogP contribution in [0.4, 0.5) is 4.79 Å². The van der Waals surface area contributed by atoms with Crippen LogP contribution < -0.4 is 15.8 Å². The molecule has 0 aliphatic heterocycles. The maximum atomic E-state index is 12.8. The number of carboxylic acid groups (broad SMARTS) is 1. The lowest BCUT2D eigenvalue weighted by molar-refractivity contribution is -0.139. The number of ether oxygens (including phenoxy) is 1. The van der Waals surface area contributed by atoms with E-state index < -0.39 is 28.1 Å². The Labute approximate surface area is 239 Å². The molecule has 0 spiro atoms. The molecule has 10 nitrogen and oxygen atoms in total. The molecule has 1 aliphatic carbocycles. The summed E-state index contributed by atoms with van der Waals surface area (Å²) in [6.45, 7) is 5.41. The third-order valence-electron chi connectivity index (χ3n) is 6.98. The van der Waals surface area contributed by atoms with Crippen LogP contribution in [0.3, 0.4) is 0 Å². The van der Waals surface area contributed by atoms with Gasteiger partial charge in [-0.05, 0) is 67.0 Å². The Hall–Kier alpha value is -4.38. The molecule has 11 heteroatoms. The van der Waals surface area contributed by atoms with Gasteiger partial charge in [-0.15, -0.1) is 0 Å². The molecule has 4 rings (SSSR count). The number of carbonyl (C=O) groups is 2. The van der Waals surface area contributed by atoms with E-state index in [1.807, 2.05) is 55.5 Å². The topological polar surface area (TPSA) is 160 Å². The summed E-state index contributed by atoms with van der Waals surface area (Å²) >= 11 is 0. The van der Waals surface area contributed by atoms with Crippen molar-refractivity contribution in [2.45, 2.75) is 50.5 Å². The molecular formula is C30H34N4O6S. The molecule has 41 heavy (non-hydrogen) atoms. The van der Waals surface area contributed by atoms with Crippen molar-refractivity contribution in [3.63, 3.8) is 0 Å². The Bertz CT molecular complexity index is 1530. The molecule has 3 aromatic rings. The number of aliphatic carboxylic acids is 1. The minimum atomic E-state index is -3.94. The number of benzene rings is 3. The Morgan fingerprint density at radius 3 is 2.12 bits per heavy atom. The number of hydrogen-bond acceptors (Lipinski definition) is 6. The van der Waals surface area contributed by atoms with Crippen molar-refractivity contribution in [2.75, 3.05) is 13.2 Å². The average Bonchev–Trinajstić information content (AvgIpc) is 3.21. The van der Waals surface area contributed by atoms with Crippen molar-refractivity contribution < 1.29 is 27.9 Å². The van der Waals surface area contributed by atoms with E-state index in [1.54, 1.807) is 26.0 Å². The van der Waals surface area contributed by atoms with Gasteiger partial charge in [0.25, 0.3) is 10.0 Å². The number of nitrogens with one attached hydrogen (secondary N) is 2. The second-order valence-corrected chi connectivity index (χ2v) is 11.7. The lowest BCUT2D eigenvalue weighted by Crippen LogP contribution is -2.41. The van der Waals surface area contributed by atoms with Gasteiger partial charge < -0.3 is 20.9 Å². The summed E-state index contributed by atoms with van der Waals surface area (Å²) in [6, 6.07) is 18.2. The fourth-order valence-corrected chi connectivity index (χ4v) is 6.75. The Morgan fingerprint density at radius 1 is 1.00 bits per heavy atom. The molecule has 0 saturated carbocycles. The predicted molar refractivity (Wildman–Crippen MR) is 156 cm³/mol.